The Balaban J connectivity index is 1.95. The van der Waals surface area contributed by atoms with Gasteiger partial charge in [0.15, 0.2) is 5.17 Å². The maximum Gasteiger partial charge on any atom is 0.387 e. The second-order valence-corrected chi connectivity index (χ2v) is 9.22. The average Bonchev–Trinajstić information content (AvgIpc) is 3.08. The number of hydrogen-bond donors (Lipinski definition) is 0. The summed E-state index contributed by atoms with van der Waals surface area (Å²) in [5.41, 5.74) is 2.44. The van der Waals surface area contributed by atoms with Crippen LogP contribution < -0.4 is 14.5 Å². The highest BCUT2D eigenvalue weighted by molar-refractivity contribution is 8.15. The minimum absolute atomic E-state index is 0.0237. The number of alkyl halides is 2. The summed E-state index contributed by atoms with van der Waals surface area (Å²) in [6.45, 7) is -1.21. The van der Waals surface area contributed by atoms with Crippen molar-refractivity contribution in [2.24, 2.45) is 4.99 Å². The Labute approximate surface area is 201 Å². The quantitative estimate of drug-likeness (QED) is 0.544. The van der Waals surface area contributed by atoms with Crippen molar-refractivity contribution in [2.45, 2.75) is 18.8 Å². The summed E-state index contributed by atoms with van der Waals surface area (Å²) in [5, 5.41) is -0.171. The van der Waals surface area contributed by atoms with E-state index in [0.29, 0.717) is 10.9 Å². The van der Waals surface area contributed by atoms with Crippen molar-refractivity contribution < 1.29 is 23.1 Å². The largest absolute Gasteiger partial charge is 0.435 e. The number of aliphatic imine (C=N–C) groups is 1. The van der Waals surface area contributed by atoms with E-state index in [2.05, 4.69) is 9.73 Å². The number of amidine groups is 1. The molecule has 0 fully saturated rings. The standard InChI is InChI=1S/C24H26F2N4O3S/c1-15(21(31)29(4)5)34-24-27-20(14-16-6-8-17(9-7-16)28(2)3)22(32)30(24)18-10-12-19(13-11-18)33-23(25)26/h6-15,23H,1-5H3/b20-14-. The highest BCUT2D eigenvalue weighted by Crippen LogP contribution is 2.32. The number of hydrogen-bond acceptors (Lipinski definition) is 6. The first-order valence-corrected chi connectivity index (χ1v) is 11.3. The van der Waals surface area contributed by atoms with Gasteiger partial charge < -0.3 is 14.5 Å². The third-order valence-corrected chi connectivity index (χ3v) is 5.97. The molecule has 1 aliphatic heterocycles. The van der Waals surface area contributed by atoms with Crippen molar-refractivity contribution >= 4 is 46.2 Å². The van der Waals surface area contributed by atoms with Gasteiger partial charge in [-0.1, -0.05) is 23.9 Å². The molecule has 0 aliphatic carbocycles. The lowest BCUT2D eigenvalue weighted by atomic mass is 10.1. The average molecular weight is 489 g/mol. The van der Waals surface area contributed by atoms with Crippen molar-refractivity contribution in [1.82, 2.24) is 4.90 Å². The lowest BCUT2D eigenvalue weighted by Gasteiger charge is -2.21. The van der Waals surface area contributed by atoms with Gasteiger partial charge in [-0.05, 0) is 55.0 Å². The summed E-state index contributed by atoms with van der Waals surface area (Å²) < 4.78 is 29.4. The van der Waals surface area contributed by atoms with E-state index in [1.54, 1.807) is 27.1 Å². The third-order valence-electron chi connectivity index (χ3n) is 4.93. The molecule has 0 N–H and O–H groups in total. The van der Waals surface area contributed by atoms with Crippen LogP contribution in [0.2, 0.25) is 0 Å². The van der Waals surface area contributed by atoms with Gasteiger partial charge in [0.25, 0.3) is 5.91 Å². The molecule has 1 unspecified atom stereocenters. The Hall–Kier alpha value is -3.40. The second kappa shape index (κ2) is 10.7. The SMILES string of the molecule is CC(SC1=N/C(=C\c2ccc(N(C)C)cc2)C(=O)N1c1ccc(OC(F)F)cc1)C(=O)N(C)C. The first-order chi connectivity index (χ1) is 16.1. The molecule has 1 atom stereocenters. The Morgan fingerprint density at radius 3 is 2.21 bits per heavy atom. The minimum atomic E-state index is -2.95. The first kappa shape index (κ1) is 25.2. The van der Waals surface area contributed by atoms with E-state index in [9.17, 15) is 18.4 Å². The number of amides is 2. The van der Waals surface area contributed by atoms with E-state index in [1.165, 1.54) is 34.1 Å². The molecule has 180 valence electrons. The zero-order valence-electron chi connectivity index (χ0n) is 19.5. The summed E-state index contributed by atoms with van der Waals surface area (Å²) in [5.74, 6) is -0.534. The number of carbonyl (C=O) groups excluding carboxylic acids is 2. The number of carbonyl (C=O) groups is 2. The van der Waals surface area contributed by atoms with Gasteiger partial charge >= 0.3 is 6.61 Å². The first-order valence-electron chi connectivity index (χ1n) is 10.4. The Bertz CT molecular complexity index is 1100. The van der Waals surface area contributed by atoms with Gasteiger partial charge in [0, 0.05) is 33.9 Å². The van der Waals surface area contributed by atoms with Gasteiger partial charge in [-0.25, -0.2) is 4.99 Å². The molecule has 0 spiro atoms. The van der Waals surface area contributed by atoms with Crippen molar-refractivity contribution in [1.29, 1.82) is 0 Å². The monoisotopic (exact) mass is 488 g/mol. The molecule has 34 heavy (non-hydrogen) atoms. The maximum absolute atomic E-state index is 13.3. The summed E-state index contributed by atoms with van der Waals surface area (Å²) in [7, 11) is 7.19. The van der Waals surface area contributed by atoms with E-state index < -0.39 is 11.9 Å². The highest BCUT2D eigenvalue weighted by atomic mass is 32.2. The van der Waals surface area contributed by atoms with Crippen molar-refractivity contribution in [3.63, 3.8) is 0 Å². The van der Waals surface area contributed by atoms with Crippen LogP contribution in [0.4, 0.5) is 20.2 Å². The van der Waals surface area contributed by atoms with Gasteiger partial charge in [-0.3, -0.25) is 14.5 Å². The number of thioether (sulfide) groups is 1. The van der Waals surface area contributed by atoms with Gasteiger partial charge in [-0.2, -0.15) is 8.78 Å². The second-order valence-electron chi connectivity index (χ2n) is 7.92. The fraction of sp³-hybridized carbons (Fsp3) is 0.292. The number of rotatable bonds is 7. The molecular formula is C24H26F2N4O3S. The normalized spacial score (nSPS) is 15.5. The van der Waals surface area contributed by atoms with Gasteiger partial charge in [0.2, 0.25) is 5.91 Å². The number of nitrogens with zero attached hydrogens (tertiary/aromatic N) is 4. The number of ether oxygens (including phenoxy) is 1. The van der Waals surface area contributed by atoms with Crippen LogP contribution in [0.3, 0.4) is 0 Å². The molecule has 2 amide bonds. The molecule has 1 aliphatic rings. The predicted octanol–water partition coefficient (Wildman–Crippen LogP) is 4.31. The number of halogens is 2. The smallest absolute Gasteiger partial charge is 0.387 e. The minimum Gasteiger partial charge on any atom is -0.435 e. The summed E-state index contributed by atoms with van der Waals surface area (Å²) in [4.78, 5) is 35.0. The topological polar surface area (TPSA) is 65.5 Å². The molecule has 3 rings (SSSR count). The van der Waals surface area contributed by atoms with Crippen LogP contribution >= 0.6 is 11.8 Å². The molecule has 10 heteroatoms. The van der Waals surface area contributed by atoms with Crippen LogP contribution in [0.5, 0.6) is 5.75 Å². The van der Waals surface area contributed by atoms with Crippen LogP contribution in [-0.2, 0) is 9.59 Å². The number of benzene rings is 2. The summed E-state index contributed by atoms with van der Waals surface area (Å²) >= 11 is 1.15. The predicted molar refractivity (Wildman–Crippen MR) is 132 cm³/mol. The molecule has 0 aromatic heterocycles. The van der Waals surface area contributed by atoms with E-state index in [4.69, 9.17) is 0 Å². The molecule has 0 bridgehead atoms. The molecule has 1 heterocycles. The van der Waals surface area contributed by atoms with Crippen LogP contribution in [0.1, 0.15) is 12.5 Å². The third kappa shape index (κ3) is 5.93. The van der Waals surface area contributed by atoms with E-state index in [-0.39, 0.29) is 23.3 Å². The van der Waals surface area contributed by atoms with Gasteiger partial charge in [-0.15, -0.1) is 0 Å². The Morgan fingerprint density at radius 1 is 1.06 bits per heavy atom. The Kier molecular flexibility index (Phi) is 7.93. The van der Waals surface area contributed by atoms with Crippen LogP contribution in [0.15, 0.2) is 59.2 Å². The molecule has 0 saturated heterocycles. The van der Waals surface area contributed by atoms with Crippen molar-refractivity contribution in [2.75, 3.05) is 38.0 Å². The highest BCUT2D eigenvalue weighted by Gasteiger charge is 2.34. The van der Waals surface area contributed by atoms with E-state index in [1.807, 2.05) is 43.3 Å². The zero-order chi connectivity index (χ0) is 25.0. The fourth-order valence-corrected chi connectivity index (χ4v) is 4.25. The molecule has 0 radical (unpaired) electrons. The van der Waals surface area contributed by atoms with Crippen molar-refractivity contribution in [3.8, 4) is 5.75 Å². The Morgan fingerprint density at radius 2 is 1.68 bits per heavy atom. The van der Waals surface area contributed by atoms with Crippen LogP contribution in [0, 0.1) is 0 Å². The fourth-order valence-electron chi connectivity index (χ4n) is 3.18. The van der Waals surface area contributed by atoms with E-state index in [0.717, 1.165) is 23.0 Å². The summed E-state index contributed by atoms with van der Waals surface area (Å²) in [6.07, 6.45) is 1.68. The molecular weight excluding hydrogens is 462 g/mol. The van der Waals surface area contributed by atoms with Crippen LogP contribution in [0.25, 0.3) is 6.08 Å². The lowest BCUT2D eigenvalue weighted by molar-refractivity contribution is -0.127. The molecule has 2 aromatic carbocycles. The van der Waals surface area contributed by atoms with Crippen LogP contribution in [-0.4, -0.2) is 61.9 Å². The van der Waals surface area contributed by atoms with Gasteiger partial charge in [0.05, 0.1) is 10.9 Å². The van der Waals surface area contributed by atoms with Crippen molar-refractivity contribution in [3.05, 3.63) is 59.8 Å². The maximum atomic E-state index is 13.3. The molecule has 0 saturated carbocycles. The molecule has 7 nitrogen and oxygen atoms in total. The van der Waals surface area contributed by atoms with E-state index >= 15 is 0 Å². The number of anilines is 2. The van der Waals surface area contributed by atoms with Gasteiger partial charge in [0.1, 0.15) is 11.4 Å². The zero-order valence-corrected chi connectivity index (χ0v) is 20.3. The summed E-state index contributed by atoms with van der Waals surface area (Å²) in [6, 6.07) is 13.3. The molecule has 2 aromatic rings. The lowest BCUT2D eigenvalue weighted by Crippen LogP contribution is -2.35.